The molecule has 2 unspecified atom stereocenters. The number of hydrogen-bond acceptors (Lipinski definition) is 3. The first kappa shape index (κ1) is 17.4. The summed E-state index contributed by atoms with van der Waals surface area (Å²) in [7, 11) is 1.71. The lowest BCUT2D eigenvalue weighted by Gasteiger charge is -2.26. The monoisotopic (exact) mass is 295 g/mol. The molecule has 0 fully saturated rings. The Morgan fingerprint density at radius 3 is 2.30 bits per heavy atom. The van der Waals surface area contributed by atoms with E-state index in [2.05, 4.69) is 69.0 Å². The second kappa shape index (κ2) is 9.30. The summed E-state index contributed by atoms with van der Waals surface area (Å²) in [4.78, 5) is 0. The minimum Gasteiger partial charge on any atom is -0.497 e. The zero-order valence-electron chi connectivity index (χ0n) is 13.5. The number of hydrogen-bond donors (Lipinski definition) is 1. The number of rotatable bonds is 9. The molecule has 0 bridgehead atoms. The van der Waals surface area contributed by atoms with Gasteiger partial charge in [-0.25, -0.2) is 0 Å². The minimum atomic E-state index is 0.407. The van der Waals surface area contributed by atoms with Crippen molar-refractivity contribution in [2.45, 2.75) is 45.4 Å². The Bertz CT molecular complexity index is 364. The van der Waals surface area contributed by atoms with Gasteiger partial charge in [0.15, 0.2) is 0 Å². The van der Waals surface area contributed by atoms with E-state index < -0.39 is 0 Å². The van der Waals surface area contributed by atoms with Crippen LogP contribution < -0.4 is 10.1 Å². The van der Waals surface area contributed by atoms with Crippen LogP contribution in [0.3, 0.4) is 0 Å². The summed E-state index contributed by atoms with van der Waals surface area (Å²) in [5.41, 5.74) is 1.35. The Kier molecular flexibility index (Phi) is 8.08. The fraction of sp³-hybridized carbons (Fsp3) is 0.647. The molecule has 114 valence electrons. The van der Waals surface area contributed by atoms with E-state index in [1.54, 1.807) is 7.11 Å². The molecule has 0 spiro atoms. The van der Waals surface area contributed by atoms with Gasteiger partial charge in [-0.3, -0.25) is 0 Å². The Morgan fingerprint density at radius 1 is 1.15 bits per heavy atom. The molecule has 1 aromatic rings. The van der Waals surface area contributed by atoms with Crippen LogP contribution in [0, 0.1) is 5.92 Å². The van der Waals surface area contributed by atoms with Gasteiger partial charge in [-0.2, -0.15) is 11.8 Å². The zero-order valence-corrected chi connectivity index (χ0v) is 14.3. The van der Waals surface area contributed by atoms with E-state index in [0.717, 1.165) is 24.6 Å². The van der Waals surface area contributed by atoms with Gasteiger partial charge in [0.1, 0.15) is 5.75 Å². The molecule has 1 rings (SSSR count). The number of ether oxygens (including phenoxy) is 1. The summed E-state index contributed by atoms with van der Waals surface area (Å²) in [5, 5.41) is 4.25. The topological polar surface area (TPSA) is 21.3 Å². The molecule has 0 radical (unpaired) electrons. The first-order chi connectivity index (χ1) is 9.58. The number of nitrogens with one attached hydrogen (secondary N) is 1. The summed E-state index contributed by atoms with van der Waals surface area (Å²) in [6.07, 6.45) is 1.16. The summed E-state index contributed by atoms with van der Waals surface area (Å²) >= 11 is 2.05. The average Bonchev–Trinajstić information content (AvgIpc) is 2.46. The summed E-state index contributed by atoms with van der Waals surface area (Å²) in [6, 6.07) is 8.87. The Hall–Kier alpha value is -0.670. The summed E-state index contributed by atoms with van der Waals surface area (Å²) < 4.78 is 5.24. The summed E-state index contributed by atoms with van der Waals surface area (Å²) in [5.74, 6) is 2.87. The van der Waals surface area contributed by atoms with Crippen molar-refractivity contribution in [3.63, 3.8) is 0 Å². The molecule has 1 N–H and O–H groups in total. The molecule has 2 nitrogen and oxygen atoms in total. The van der Waals surface area contributed by atoms with Crippen molar-refractivity contribution in [3.05, 3.63) is 29.8 Å². The maximum absolute atomic E-state index is 5.24. The van der Waals surface area contributed by atoms with Crippen LogP contribution in [-0.2, 0) is 0 Å². The van der Waals surface area contributed by atoms with Crippen LogP contribution in [0.5, 0.6) is 5.75 Å². The third kappa shape index (κ3) is 5.76. The van der Waals surface area contributed by atoms with Crippen molar-refractivity contribution in [2.75, 3.05) is 19.4 Å². The predicted octanol–water partition coefficient (Wildman–Crippen LogP) is 4.51. The molecule has 0 heterocycles. The molecule has 20 heavy (non-hydrogen) atoms. The van der Waals surface area contributed by atoms with Crippen molar-refractivity contribution < 1.29 is 4.74 Å². The summed E-state index contributed by atoms with van der Waals surface area (Å²) in [6.45, 7) is 10.2. The van der Waals surface area contributed by atoms with E-state index in [4.69, 9.17) is 4.74 Å². The first-order valence-corrected chi connectivity index (χ1v) is 8.62. The normalized spacial score (nSPS) is 14.3. The van der Waals surface area contributed by atoms with Gasteiger partial charge in [0.05, 0.1) is 7.11 Å². The van der Waals surface area contributed by atoms with Gasteiger partial charge in [0.25, 0.3) is 0 Å². The maximum Gasteiger partial charge on any atom is 0.118 e. The van der Waals surface area contributed by atoms with E-state index >= 15 is 0 Å². The molecule has 1 aromatic carbocycles. The molecule has 0 aromatic heterocycles. The van der Waals surface area contributed by atoms with Crippen LogP contribution in [0.15, 0.2) is 24.3 Å². The quantitative estimate of drug-likeness (QED) is 0.724. The Labute approximate surface area is 128 Å². The predicted molar refractivity (Wildman–Crippen MR) is 90.8 cm³/mol. The van der Waals surface area contributed by atoms with Crippen LogP contribution in [0.25, 0.3) is 0 Å². The molecule has 0 aliphatic rings. The fourth-order valence-electron chi connectivity index (χ4n) is 2.11. The van der Waals surface area contributed by atoms with Crippen LogP contribution in [0.4, 0.5) is 0 Å². The van der Waals surface area contributed by atoms with Gasteiger partial charge in [-0.1, -0.05) is 39.8 Å². The Morgan fingerprint density at radius 2 is 1.80 bits per heavy atom. The number of methoxy groups -OCH3 is 1. The van der Waals surface area contributed by atoms with Crippen LogP contribution >= 0.6 is 11.8 Å². The molecular formula is C17H29NOS. The highest BCUT2D eigenvalue weighted by Gasteiger charge is 2.19. The molecule has 0 saturated heterocycles. The van der Waals surface area contributed by atoms with Crippen LogP contribution in [0.2, 0.25) is 0 Å². The molecular weight excluding hydrogens is 266 g/mol. The van der Waals surface area contributed by atoms with Gasteiger partial charge in [0, 0.05) is 11.3 Å². The highest BCUT2D eigenvalue weighted by Crippen LogP contribution is 2.29. The minimum absolute atomic E-state index is 0.407. The highest BCUT2D eigenvalue weighted by atomic mass is 32.2. The highest BCUT2D eigenvalue weighted by molar-refractivity contribution is 7.99. The van der Waals surface area contributed by atoms with E-state index in [1.165, 1.54) is 11.3 Å². The second-order valence-electron chi connectivity index (χ2n) is 5.64. The van der Waals surface area contributed by atoms with Gasteiger partial charge in [-0.05, 0) is 42.3 Å². The third-order valence-corrected chi connectivity index (χ3v) is 4.91. The van der Waals surface area contributed by atoms with Crippen molar-refractivity contribution in [2.24, 2.45) is 5.92 Å². The largest absolute Gasteiger partial charge is 0.497 e. The maximum atomic E-state index is 5.24. The van der Waals surface area contributed by atoms with Crippen LogP contribution in [0.1, 0.15) is 45.7 Å². The molecule has 0 saturated carbocycles. The van der Waals surface area contributed by atoms with Gasteiger partial charge in [-0.15, -0.1) is 0 Å². The second-order valence-corrected chi connectivity index (χ2v) is 7.05. The molecule has 0 aliphatic heterocycles. The lowest BCUT2D eigenvalue weighted by molar-refractivity contribution is 0.414. The lowest BCUT2D eigenvalue weighted by Crippen LogP contribution is -2.29. The van der Waals surface area contributed by atoms with E-state index in [1.807, 2.05) is 0 Å². The lowest BCUT2D eigenvalue weighted by atomic mass is 10.0. The first-order valence-electron chi connectivity index (χ1n) is 7.57. The van der Waals surface area contributed by atoms with Gasteiger partial charge >= 0.3 is 0 Å². The molecule has 0 aliphatic carbocycles. The van der Waals surface area contributed by atoms with Crippen molar-refractivity contribution in [1.82, 2.24) is 5.32 Å². The van der Waals surface area contributed by atoms with Crippen LogP contribution in [-0.4, -0.2) is 24.7 Å². The zero-order chi connectivity index (χ0) is 15.0. The fourth-order valence-corrected chi connectivity index (χ4v) is 3.24. The van der Waals surface area contributed by atoms with Gasteiger partial charge < -0.3 is 10.1 Å². The smallest absolute Gasteiger partial charge is 0.118 e. The average molecular weight is 295 g/mol. The SMILES string of the molecule is CCCNC(c1ccc(OC)cc1)C(C)SCC(C)C. The van der Waals surface area contributed by atoms with Crippen molar-refractivity contribution in [3.8, 4) is 5.75 Å². The molecule has 2 atom stereocenters. The van der Waals surface area contributed by atoms with E-state index in [-0.39, 0.29) is 0 Å². The third-order valence-electron chi connectivity index (χ3n) is 3.25. The number of thioether (sulfide) groups is 1. The van der Waals surface area contributed by atoms with Crippen molar-refractivity contribution >= 4 is 11.8 Å². The molecule has 0 amide bonds. The molecule has 3 heteroatoms. The van der Waals surface area contributed by atoms with Crippen molar-refractivity contribution in [1.29, 1.82) is 0 Å². The Balaban J connectivity index is 2.75. The van der Waals surface area contributed by atoms with Gasteiger partial charge in [0.2, 0.25) is 0 Å². The van der Waals surface area contributed by atoms with E-state index in [0.29, 0.717) is 11.3 Å². The standard InChI is InChI=1S/C17H29NOS/c1-6-11-18-17(14(4)20-12-13(2)3)15-7-9-16(19-5)10-8-15/h7-10,13-14,17-18H,6,11-12H2,1-5H3. The van der Waals surface area contributed by atoms with E-state index in [9.17, 15) is 0 Å². The number of benzene rings is 1.